The van der Waals surface area contributed by atoms with E-state index in [4.69, 9.17) is 4.74 Å². The lowest BCUT2D eigenvalue weighted by molar-refractivity contribution is -0.154. The molecule has 0 aromatic heterocycles. The van der Waals surface area contributed by atoms with Gasteiger partial charge in [-0.3, -0.25) is 9.59 Å². The third kappa shape index (κ3) is 7.45. The third-order valence-corrected chi connectivity index (χ3v) is 3.58. The van der Waals surface area contributed by atoms with E-state index in [9.17, 15) is 14.0 Å². The van der Waals surface area contributed by atoms with Gasteiger partial charge < -0.3 is 10.1 Å². The van der Waals surface area contributed by atoms with Gasteiger partial charge in [-0.2, -0.15) is 0 Å². The van der Waals surface area contributed by atoms with Crippen molar-refractivity contribution in [2.75, 3.05) is 5.75 Å². The molecule has 22 heavy (non-hydrogen) atoms. The van der Waals surface area contributed by atoms with Gasteiger partial charge in [0.2, 0.25) is 0 Å². The first kappa shape index (κ1) is 18.5. The van der Waals surface area contributed by atoms with E-state index in [1.54, 1.807) is 19.1 Å². The molecule has 0 aliphatic carbocycles. The van der Waals surface area contributed by atoms with E-state index in [0.29, 0.717) is 5.75 Å². The zero-order valence-corrected chi connectivity index (χ0v) is 14.1. The first-order chi connectivity index (χ1) is 10.2. The van der Waals surface area contributed by atoms with Crippen molar-refractivity contribution in [1.29, 1.82) is 0 Å². The molecule has 1 atom stereocenters. The van der Waals surface area contributed by atoms with E-state index >= 15 is 0 Å². The molecule has 1 aromatic carbocycles. The van der Waals surface area contributed by atoms with Gasteiger partial charge in [0.1, 0.15) is 5.82 Å². The number of rotatable bonds is 6. The van der Waals surface area contributed by atoms with Crippen molar-refractivity contribution in [2.24, 2.45) is 0 Å². The van der Waals surface area contributed by atoms with Gasteiger partial charge >= 0.3 is 5.97 Å². The summed E-state index contributed by atoms with van der Waals surface area (Å²) in [5.41, 5.74) is -0.365. The van der Waals surface area contributed by atoms with Crippen molar-refractivity contribution in [3.63, 3.8) is 0 Å². The highest BCUT2D eigenvalue weighted by Gasteiger charge is 2.22. The first-order valence-corrected chi connectivity index (χ1v) is 8.06. The number of ether oxygens (including phenoxy) is 1. The van der Waals surface area contributed by atoms with Crippen LogP contribution in [0, 0.1) is 5.82 Å². The monoisotopic (exact) mass is 327 g/mol. The van der Waals surface area contributed by atoms with Crippen molar-refractivity contribution in [1.82, 2.24) is 5.32 Å². The standard InChI is InChI=1S/C16H22FNO3S/c1-11(15(20)18-16(2,3)4)21-14(19)9-10-22-13-7-5-12(17)6-8-13/h5-8,11H,9-10H2,1-4H3,(H,18,20)/t11-/m0/s1. The molecule has 1 rings (SSSR count). The maximum absolute atomic E-state index is 12.8. The van der Waals surface area contributed by atoms with Crippen LogP contribution in [0.4, 0.5) is 4.39 Å². The summed E-state index contributed by atoms with van der Waals surface area (Å²) in [6.45, 7) is 7.13. The number of thioether (sulfide) groups is 1. The second kappa shape index (κ2) is 8.17. The Balaban J connectivity index is 2.30. The van der Waals surface area contributed by atoms with Crippen molar-refractivity contribution in [3.05, 3.63) is 30.1 Å². The van der Waals surface area contributed by atoms with Crippen LogP contribution in [0.5, 0.6) is 0 Å². The lowest BCUT2D eigenvalue weighted by atomic mass is 10.1. The Morgan fingerprint density at radius 1 is 1.27 bits per heavy atom. The molecule has 4 nitrogen and oxygen atoms in total. The molecule has 0 fully saturated rings. The summed E-state index contributed by atoms with van der Waals surface area (Å²) in [5, 5.41) is 2.75. The minimum atomic E-state index is -0.817. The summed E-state index contributed by atoms with van der Waals surface area (Å²) in [7, 11) is 0. The van der Waals surface area contributed by atoms with Gasteiger partial charge in [-0.1, -0.05) is 0 Å². The molecule has 0 saturated heterocycles. The smallest absolute Gasteiger partial charge is 0.307 e. The highest BCUT2D eigenvalue weighted by Crippen LogP contribution is 2.19. The Hall–Kier alpha value is -1.56. The molecule has 0 unspecified atom stereocenters. The molecule has 0 heterocycles. The molecule has 1 amide bonds. The zero-order valence-electron chi connectivity index (χ0n) is 13.3. The van der Waals surface area contributed by atoms with Crippen LogP contribution in [0.1, 0.15) is 34.1 Å². The van der Waals surface area contributed by atoms with E-state index in [1.165, 1.54) is 23.9 Å². The molecule has 122 valence electrons. The van der Waals surface area contributed by atoms with Crippen LogP contribution in [0.15, 0.2) is 29.2 Å². The topological polar surface area (TPSA) is 55.4 Å². The molecule has 0 saturated carbocycles. The molecular weight excluding hydrogens is 305 g/mol. The number of hydrogen-bond donors (Lipinski definition) is 1. The van der Waals surface area contributed by atoms with E-state index in [1.807, 2.05) is 20.8 Å². The predicted octanol–water partition coefficient (Wildman–Crippen LogP) is 3.15. The molecule has 1 aromatic rings. The fraction of sp³-hybridized carbons (Fsp3) is 0.500. The summed E-state index contributed by atoms with van der Waals surface area (Å²) in [5.74, 6) is -0.515. The fourth-order valence-corrected chi connectivity index (χ4v) is 2.40. The Bertz CT molecular complexity index is 511. The first-order valence-electron chi connectivity index (χ1n) is 7.07. The summed E-state index contributed by atoms with van der Waals surface area (Å²) >= 11 is 1.43. The molecular formula is C16H22FNO3S. The largest absolute Gasteiger partial charge is 0.453 e. The third-order valence-electron chi connectivity index (χ3n) is 2.56. The number of amides is 1. The molecule has 6 heteroatoms. The van der Waals surface area contributed by atoms with Crippen LogP contribution in [0.2, 0.25) is 0 Å². The summed E-state index contributed by atoms with van der Waals surface area (Å²) < 4.78 is 17.8. The minimum absolute atomic E-state index is 0.190. The number of benzene rings is 1. The highest BCUT2D eigenvalue weighted by molar-refractivity contribution is 7.99. The average molecular weight is 327 g/mol. The van der Waals surface area contributed by atoms with Crippen molar-refractivity contribution in [3.8, 4) is 0 Å². The fourth-order valence-electron chi connectivity index (χ4n) is 1.56. The lowest BCUT2D eigenvalue weighted by Crippen LogP contribution is -2.46. The Kier molecular flexibility index (Phi) is 6.87. The summed E-state index contributed by atoms with van der Waals surface area (Å²) in [6.07, 6.45) is -0.627. The van der Waals surface area contributed by atoms with Gasteiger partial charge in [-0.15, -0.1) is 11.8 Å². The SMILES string of the molecule is C[C@H](OC(=O)CCSc1ccc(F)cc1)C(=O)NC(C)(C)C. The number of carbonyl (C=O) groups excluding carboxylic acids is 2. The Morgan fingerprint density at radius 2 is 1.86 bits per heavy atom. The number of carbonyl (C=O) groups is 2. The van der Waals surface area contributed by atoms with Crippen LogP contribution in [0.25, 0.3) is 0 Å². The van der Waals surface area contributed by atoms with Crippen LogP contribution in [-0.2, 0) is 14.3 Å². The Labute approximate surface area is 134 Å². The van der Waals surface area contributed by atoms with E-state index in [2.05, 4.69) is 5.32 Å². The van der Waals surface area contributed by atoms with Crippen molar-refractivity contribution >= 4 is 23.6 Å². The molecule has 1 N–H and O–H groups in total. The minimum Gasteiger partial charge on any atom is -0.453 e. The molecule has 0 bridgehead atoms. The van der Waals surface area contributed by atoms with Gasteiger partial charge in [0.05, 0.1) is 6.42 Å². The number of halogens is 1. The van der Waals surface area contributed by atoms with Gasteiger partial charge in [-0.05, 0) is 52.0 Å². The second-order valence-corrected chi connectivity index (χ2v) is 7.09. The average Bonchev–Trinajstić information content (AvgIpc) is 2.39. The van der Waals surface area contributed by atoms with Gasteiger partial charge in [0.15, 0.2) is 6.10 Å². The van der Waals surface area contributed by atoms with Crippen LogP contribution in [0.3, 0.4) is 0 Å². The molecule has 0 radical (unpaired) electrons. The normalized spacial score (nSPS) is 12.6. The number of nitrogens with one attached hydrogen (secondary N) is 1. The van der Waals surface area contributed by atoms with Crippen LogP contribution in [-0.4, -0.2) is 29.3 Å². The number of hydrogen-bond acceptors (Lipinski definition) is 4. The van der Waals surface area contributed by atoms with Gasteiger partial charge in [-0.25, -0.2) is 4.39 Å². The molecule has 0 aliphatic rings. The van der Waals surface area contributed by atoms with E-state index in [0.717, 1.165) is 4.90 Å². The van der Waals surface area contributed by atoms with Crippen molar-refractivity contribution < 1.29 is 18.7 Å². The molecule has 0 aliphatic heterocycles. The highest BCUT2D eigenvalue weighted by atomic mass is 32.2. The zero-order chi connectivity index (χ0) is 16.8. The van der Waals surface area contributed by atoms with Crippen LogP contribution < -0.4 is 5.32 Å². The van der Waals surface area contributed by atoms with E-state index < -0.39 is 12.1 Å². The Morgan fingerprint density at radius 3 is 2.41 bits per heavy atom. The maximum Gasteiger partial charge on any atom is 0.307 e. The summed E-state index contributed by atoms with van der Waals surface area (Å²) in [6, 6.07) is 6.06. The van der Waals surface area contributed by atoms with E-state index in [-0.39, 0.29) is 23.7 Å². The maximum atomic E-state index is 12.8. The second-order valence-electron chi connectivity index (χ2n) is 5.92. The summed E-state index contributed by atoms with van der Waals surface area (Å²) in [4.78, 5) is 24.4. The lowest BCUT2D eigenvalue weighted by Gasteiger charge is -2.23. The predicted molar refractivity (Wildman–Crippen MR) is 85.2 cm³/mol. The van der Waals surface area contributed by atoms with Crippen LogP contribution >= 0.6 is 11.8 Å². The number of esters is 1. The quantitative estimate of drug-likeness (QED) is 0.644. The van der Waals surface area contributed by atoms with Gasteiger partial charge in [0.25, 0.3) is 5.91 Å². The molecule has 0 spiro atoms. The van der Waals surface area contributed by atoms with Crippen molar-refractivity contribution in [2.45, 2.75) is 50.7 Å². The van der Waals surface area contributed by atoms with Gasteiger partial charge in [0, 0.05) is 16.2 Å².